The molecule has 1 aliphatic rings. The molecule has 0 bridgehead atoms. The second-order valence-corrected chi connectivity index (χ2v) is 7.15. The molecule has 1 aliphatic heterocycles. The number of hydrogen-bond acceptors (Lipinski definition) is 3. The molecule has 25 heavy (non-hydrogen) atoms. The van der Waals surface area contributed by atoms with Crippen LogP contribution in [0.15, 0.2) is 24.3 Å². The lowest BCUT2D eigenvalue weighted by molar-refractivity contribution is -0.133. The molecule has 0 aromatic heterocycles. The average molecular weight is 368 g/mol. The summed E-state index contributed by atoms with van der Waals surface area (Å²) in [5.41, 5.74) is 8.02. The van der Waals surface area contributed by atoms with E-state index in [0.29, 0.717) is 25.4 Å². The largest absolute Gasteiger partial charge is 0.352 e. The number of likely N-dealkylation sites (tertiary alicyclic amines) is 1. The van der Waals surface area contributed by atoms with Crippen LogP contribution in [0.25, 0.3) is 0 Å². The predicted molar refractivity (Wildman–Crippen MR) is 103 cm³/mol. The molecular weight excluding hydrogens is 338 g/mol. The summed E-state index contributed by atoms with van der Waals surface area (Å²) in [6.07, 6.45) is 2.17. The first kappa shape index (κ1) is 21.5. The number of rotatable bonds is 5. The summed E-state index contributed by atoms with van der Waals surface area (Å²) in [6, 6.07) is 7.16. The first-order valence-electron chi connectivity index (χ1n) is 8.77. The highest BCUT2D eigenvalue weighted by Gasteiger charge is 2.25. The molecule has 2 rings (SSSR count). The minimum Gasteiger partial charge on any atom is -0.352 e. The SMILES string of the molecule is Cc1ccc(C(N)C(=O)NC2CCN(C(=O)CC(C)C)CC2)cc1.Cl. The third kappa shape index (κ3) is 6.33. The van der Waals surface area contributed by atoms with Gasteiger partial charge in [0.05, 0.1) is 0 Å². The van der Waals surface area contributed by atoms with Crippen LogP contribution in [-0.4, -0.2) is 35.8 Å². The number of halogens is 1. The molecule has 1 fully saturated rings. The monoisotopic (exact) mass is 367 g/mol. The van der Waals surface area contributed by atoms with Crippen molar-refractivity contribution in [2.75, 3.05) is 13.1 Å². The third-order valence-electron chi connectivity index (χ3n) is 4.50. The van der Waals surface area contributed by atoms with Crippen LogP contribution >= 0.6 is 12.4 Å². The summed E-state index contributed by atoms with van der Waals surface area (Å²) >= 11 is 0. The maximum absolute atomic E-state index is 12.3. The van der Waals surface area contributed by atoms with Crippen molar-refractivity contribution in [2.45, 2.75) is 52.1 Å². The van der Waals surface area contributed by atoms with Crippen molar-refractivity contribution in [3.8, 4) is 0 Å². The Bertz CT molecular complexity index is 567. The molecule has 0 spiro atoms. The summed E-state index contributed by atoms with van der Waals surface area (Å²) in [4.78, 5) is 26.3. The molecule has 0 saturated carbocycles. The van der Waals surface area contributed by atoms with E-state index in [1.807, 2.05) is 36.1 Å². The lowest BCUT2D eigenvalue weighted by Gasteiger charge is -2.33. The van der Waals surface area contributed by atoms with E-state index in [2.05, 4.69) is 19.2 Å². The van der Waals surface area contributed by atoms with Crippen LogP contribution in [0.5, 0.6) is 0 Å². The fourth-order valence-corrected chi connectivity index (χ4v) is 2.97. The normalized spacial score (nSPS) is 16.3. The summed E-state index contributed by atoms with van der Waals surface area (Å²) in [5.74, 6) is 0.444. The number of nitrogens with zero attached hydrogens (tertiary/aromatic N) is 1. The van der Waals surface area contributed by atoms with Crippen molar-refractivity contribution < 1.29 is 9.59 Å². The lowest BCUT2D eigenvalue weighted by Crippen LogP contribution is -2.48. The molecule has 1 unspecified atom stereocenters. The maximum Gasteiger partial charge on any atom is 0.241 e. The molecule has 140 valence electrons. The number of nitrogens with one attached hydrogen (secondary N) is 1. The number of piperidine rings is 1. The van der Waals surface area contributed by atoms with Gasteiger partial charge in [0.15, 0.2) is 0 Å². The van der Waals surface area contributed by atoms with Gasteiger partial charge in [-0.3, -0.25) is 9.59 Å². The summed E-state index contributed by atoms with van der Waals surface area (Å²) in [7, 11) is 0. The summed E-state index contributed by atoms with van der Waals surface area (Å²) in [6.45, 7) is 7.52. The van der Waals surface area contributed by atoms with Gasteiger partial charge in [-0.2, -0.15) is 0 Å². The van der Waals surface area contributed by atoms with Crippen LogP contribution in [0.2, 0.25) is 0 Å². The van der Waals surface area contributed by atoms with Gasteiger partial charge in [0, 0.05) is 25.6 Å². The minimum atomic E-state index is -0.647. The Morgan fingerprint density at radius 2 is 1.76 bits per heavy atom. The third-order valence-corrected chi connectivity index (χ3v) is 4.50. The maximum atomic E-state index is 12.3. The van der Waals surface area contributed by atoms with Gasteiger partial charge in [-0.15, -0.1) is 12.4 Å². The molecule has 1 atom stereocenters. The van der Waals surface area contributed by atoms with E-state index in [0.717, 1.165) is 24.0 Å². The van der Waals surface area contributed by atoms with Crippen molar-refractivity contribution in [2.24, 2.45) is 11.7 Å². The number of nitrogens with two attached hydrogens (primary N) is 1. The number of carbonyl (C=O) groups excluding carboxylic acids is 2. The van der Waals surface area contributed by atoms with E-state index < -0.39 is 6.04 Å². The number of carbonyl (C=O) groups is 2. The average Bonchev–Trinajstić information content (AvgIpc) is 2.55. The highest BCUT2D eigenvalue weighted by atomic mass is 35.5. The van der Waals surface area contributed by atoms with E-state index >= 15 is 0 Å². The van der Waals surface area contributed by atoms with Crippen molar-refractivity contribution in [3.63, 3.8) is 0 Å². The van der Waals surface area contributed by atoms with Gasteiger partial charge < -0.3 is 16.0 Å². The first-order valence-corrected chi connectivity index (χ1v) is 8.77. The van der Waals surface area contributed by atoms with Crippen LogP contribution in [0, 0.1) is 12.8 Å². The lowest BCUT2D eigenvalue weighted by atomic mass is 10.0. The fourth-order valence-electron chi connectivity index (χ4n) is 2.97. The second-order valence-electron chi connectivity index (χ2n) is 7.15. The van der Waals surface area contributed by atoms with Crippen LogP contribution in [0.1, 0.15) is 50.3 Å². The molecule has 5 nitrogen and oxygen atoms in total. The number of benzene rings is 1. The summed E-state index contributed by atoms with van der Waals surface area (Å²) in [5, 5.41) is 3.03. The smallest absolute Gasteiger partial charge is 0.241 e. The minimum absolute atomic E-state index is 0. The Kier molecular flexibility index (Phi) is 8.39. The van der Waals surface area contributed by atoms with Gasteiger partial charge in [0.25, 0.3) is 0 Å². The van der Waals surface area contributed by atoms with Crippen LogP contribution < -0.4 is 11.1 Å². The van der Waals surface area contributed by atoms with Gasteiger partial charge >= 0.3 is 0 Å². The molecular formula is C19H30ClN3O2. The van der Waals surface area contributed by atoms with Crippen molar-refractivity contribution in [1.82, 2.24) is 10.2 Å². The van der Waals surface area contributed by atoms with Gasteiger partial charge in [0.2, 0.25) is 11.8 Å². The van der Waals surface area contributed by atoms with Crippen molar-refractivity contribution in [3.05, 3.63) is 35.4 Å². The van der Waals surface area contributed by atoms with Gasteiger partial charge in [-0.25, -0.2) is 0 Å². The molecule has 2 amide bonds. The number of aryl methyl sites for hydroxylation is 1. The van der Waals surface area contributed by atoms with E-state index in [1.165, 1.54) is 0 Å². The van der Waals surface area contributed by atoms with Crippen LogP contribution in [-0.2, 0) is 9.59 Å². The van der Waals surface area contributed by atoms with Gasteiger partial charge in [0.1, 0.15) is 6.04 Å². The Morgan fingerprint density at radius 1 is 1.20 bits per heavy atom. The van der Waals surface area contributed by atoms with Gasteiger partial charge in [-0.05, 0) is 31.2 Å². The highest BCUT2D eigenvalue weighted by Crippen LogP contribution is 2.16. The van der Waals surface area contributed by atoms with E-state index in [9.17, 15) is 9.59 Å². The Balaban J connectivity index is 0.00000312. The predicted octanol–water partition coefficient (Wildman–Crippen LogP) is 2.57. The van der Waals surface area contributed by atoms with E-state index in [1.54, 1.807) is 0 Å². The van der Waals surface area contributed by atoms with Crippen molar-refractivity contribution in [1.29, 1.82) is 0 Å². The Labute approximate surface area is 156 Å². The first-order chi connectivity index (χ1) is 11.4. The Hall–Kier alpha value is -1.59. The summed E-state index contributed by atoms with van der Waals surface area (Å²) < 4.78 is 0. The van der Waals surface area contributed by atoms with E-state index in [4.69, 9.17) is 5.73 Å². The van der Waals surface area contributed by atoms with Crippen LogP contribution in [0.3, 0.4) is 0 Å². The zero-order valence-electron chi connectivity index (χ0n) is 15.3. The van der Waals surface area contributed by atoms with E-state index in [-0.39, 0.29) is 30.3 Å². The fraction of sp³-hybridized carbons (Fsp3) is 0.579. The standard InChI is InChI=1S/C19H29N3O2.ClH/c1-13(2)12-17(23)22-10-8-16(9-11-22)21-19(24)18(20)15-6-4-14(3)5-7-15;/h4-7,13,16,18H,8-12,20H2,1-3H3,(H,21,24);1H. The zero-order chi connectivity index (χ0) is 17.7. The quantitative estimate of drug-likeness (QED) is 0.839. The molecule has 1 aromatic rings. The molecule has 3 N–H and O–H groups in total. The van der Waals surface area contributed by atoms with Gasteiger partial charge in [-0.1, -0.05) is 43.7 Å². The number of hydrogen-bond donors (Lipinski definition) is 2. The second kappa shape index (κ2) is 9.78. The highest BCUT2D eigenvalue weighted by molar-refractivity contribution is 5.85. The zero-order valence-corrected chi connectivity index (χ0v) is 16.1. The molecule has 1 heterocycles. The molecule has 6 heteroatoms. The molecule has 1 saturated heterocycles. The molecule has 0 aliphatic carbocycles. The van der Waals surface area contributed by atoms with Crippen molar-refractivity contribution >= 4 is 24.2 Å². The molecule has 0 radical (unpaired) electrons. The number of amides is 2. The topological polar surface area (TPSA) is 75.4 Å². The Morgan fingerprint density at radius 3 is 2.28 bits per heavy atom. The van der Waals surface area contributed by atoms with Crippen LogP contribution in [0.4, 0.5) is 0 Å². The molecule has 1 aromatic carbocycles.